The first-order valence-corrected chi connectivity index (χ1v) is 32.9. The lowest BCUT2D eigenvalue weighted by molar-refractivity contribution is -0.942. The molecule has 14 atom stereocenters. The first kappa shape index (κ1) is 76.6. The summed E-state index contributed by atoms with van der Waals surface area (Å²) in [5.41, 5.74) is 0.446. The van der Waals surface area contributed by atoms with Crippen LogP contribution < -0.4 is 31.3 Å². The molecule has 3 aliphatic heterocycles. The van der Waals surface area contributed by atoms with Crippen molar-refractivity contribution in [3.8, 4) is 5.75 Å². The number of hydrogen-bond acceptors (Lipinski definition) is 20. The summed E-state index contributed by atoms with van der Waals surface area (Å²) in [6, 6.07) is 9.30. The summed E-state index contributed by atoms with van der Waals surface area (Å²) >= 11 is 1.09. The van der Waals surface area contributed by atoms with Gasteiger partial charge in [-0.05, 0) is 82.1 Å². The lowest BCUT2D eigenvalue weighted by Gasteiger charge is -2.44. The molecule has 526 valence electrons. The molecule has 2 fully saturated rings. The molecule has 2 aromatic carbocycles. The molecular weight excluding hydrogens is 1270 g/mol. The van der Waals surface area contributed by atoms with Gasteiger partial charge in [0.1, 0.15) is 59.0 Å². The van der Waals surface area contributed by atoms with E-state index in [4.69, 9.17) is 18.9 Å². The van der Waals surface area contributed by atoms with Gasteiger partial charge >= 0.3 is 24.0 Å². The van der Waals surface area contributed by atoms with Crippen molar-refractivity contribution in [3.63, 3.8) is 0 Å². The van der Waals surface area contributed by atoms with Gasteiger partial charge in [0.15, 0.2) is 18.2 Å². The number of carboxylic acids is 2. The monoisotopic (exact) mass is 1360 g/mol. The van der Waals surface area contributed by atoms with Crippen molar-refractivity contribution in [3.05, 3.63) is 87.9 Å². The lowest BCUT2D eigenvalue weighted by Crippen LogP contribution is -2.63. The van der Waals surface area contributed by atoms with E-state index in [0.717, 1.165) is 29.1 Å². The number of alkyl carbamates (subject to hydrolysis) is 1. The molecule has 8 amide bonds. The van der Waals surface area contributed by atoms with Crippen LogP contribution >= 0.6 is 11.3 Å². The zero-order valence-corrected chi connectivity index (χ0v) is 56.8. The topological polar surface area (TPSA) is 405 Å². The van der Waals surface area contributed by atoms with Crippen LogP contribution in [0, 0.1) is 17.8 Å². The highest BCUT2D eigenvalue weighted by molar-refractivity contribution is 7.09. The Morgan fingerprint density at radius 1 is 0.875 bits per heavy atom. The first-order chi connectivity index (χ1) is 45.1. The maximum atomic E-state index is 15.0. The number of aliphatic hydroxyl groups excluding tert-OH is 3. The number of rotatable bonds is 31. The lowest BCUT2D eigenvalue weighted by atomic mass is 9.92. The number of aliphatic hydroxyl groups is 3. The Bertz CT molecular complexity index is 3310. The number of carbonyl (C=O) groups excluding carboxylic acids is 9. The molecule has 3 aromatic rings. The highest BCUT2D eigenvalue weighted by atomic mass is 32.1. The summed E-state index contributed by atoms with van der Waals surface area (Å²) < 4.78 is 22.5. The normalized spacial score (nSPS) is 22.5. The number of thiazole rings is 1. The van der Waals surface area contributed by atoms with Crippen molar-refractivity contribution < 1.29 is 102 Å². The van der Waals surface area contributed by atoms with Gasteiger partial charge in [-0.25, -0.2) is 14.6 Å². The molecule has 30 heteroatoms. The summed E-state index contributed by atoms with van der Waals surface area (Å²) in [6.45, 7) is 14.9. The van der Waals surface area contributed by atoms with E-state index in [-0.39, 0.29) is 59.4 Å². The van der Waals surface area contributed by atoms with E-state index in [1.165, 1.54) is 24.4 Å². The molecule has 0 aliphatic carbocycles. The maximum Gasteiger partial charge on any atom is 0.407 e. The van der Waals surface area contributed by atoms with Crippen LogP contribution in [0.4, 0.5) is 10.5 Å². The molecule has 10 N–H and O–H groups in total. The van der Waals surface area contributed by atoms with Gasteiger partial charge < -0.3 is 80.4 Å². The van der Waals surface area contributed by atoms with Crippen LogP contribution in [0.25, 0.3) is 0 Å². The minimum Gasteiger partial charge on any atom is -0.481 e. The highest BCUT2D eigenvalue weighted by Crippen LogP contribution is 2.36. The van der Waals surface area contributed by atoms with Crippen molar-refractivity contribution in [2.24, 2.45) is 17.8 Å². The maximum absolute atomic E-state index is 15.0. The fraction of sp³-hybridized carbons (Fsp3) is 0.576. The number of nitrogens with zero attached hydrogens (tertiary/aromatic N) is 4. The number of nitrogens with one attached hydrogen (secondary N) is 5. The van der Waals surface area contributed by atoms with Crippen LogP contribution in [0.5, 0.6) is 5.75 Å². The second-order valence-corrected chi connectivity index (χ2v) is 27.2. The van der Waals surface area contributed by atoms with Crippen molar-refractivity contribution in [1.29, 1.82) is 0 Å². The fourth-order valence-electron chi connectivity index (χ4n) is 11.8. The SMILES string of the molecule is CC[C@H](C)[C@H](NC(=O)[C@H]1CCCC[N+]1(C)Cc1ccc(O[C@@H]2O[C@H](C(=O)O)[C@@H](O)[C@H](O)[C@H]2O)c(NC(=O)CCNC(=O)[C@H](CNC(=O)OC(C)(C)C)N2C(=O)C=CC2=O)c1)C(=O)N(C)[C@H](C[C@@H](OC(C)=O)c1nc(C(=O)N[C@@H](Cc2ccccc2)C[C@H](C)C(=O)O)cs1)C(C)C. The predicted octanol–water partition coefficient (Wildman–Crippen LogP) is 3.34. The van der Waals surface area contributed by atoms with Crippen LogP contribution in [0.2, 0.25) is 0 Å². The number of imide groups is 1. The van der Waals surface area contributed by atoms with E-state index in [0.29, 0.717) is 54.1 Å². The average molecular weight is 1360 g/mol. The number of hydrogen-bond donors (Lipinski definition) is 10. The minimum absolute atomic E-state index is 0.0312. The largest absolute Gasteiger partial charge is 0.481 e. The number of carboxylic acid groups (broad SMARTS) is 2. The Labute approximate surface area is 561 Å². The van der Waals surface area contributed by atoms with Gasteiger partial charge in [0.2, 0.25) is 24.0 Å². The number of benzene rings is 2. The number of carbonyl (C=O) groups is 11. The van der Waals surface area contributed by atoms with Crippen LogP contribution in [0.1, 0.15) is 140 Å². The van der Waals surface area contributed by atoms with Gasteiger partial charge in [-0.1, -0.05) is 71.4 Å². The van der Waals surface area contributed by atoms with Crippen molar-refractivity contribution in [2.75, 3.05) is 39.0 Å². The Morgan fingerprint density at radius 3 is 2.17 bits per heavy atom. The molecule has 6 rings (SSSR count). The van der Waals surface area contributed by atoms with Crippen LogP contribution in [0.15, 0.2) is 66.1 Å². The summed E-state index contributed by atoms with van der Waals surface area (Å²) in [5, 5.41) is 66.9. The van der Waals surface area contributed by atoms with Gasteiger partial charge in [-0.15, -0.1) is 11.3 Å². The molecule has 96 heavy (non-hydrogen) atoms. The smallest absolute Gasteiger partial charge is 0.407 e. The standard InChI is InChI=1S/C66H91N9O20S/c1-12-36(4)52(61(86)73(10)44(35(2)3)31-48(92-38(6)76)60-71-43(34-96-60)57(83)69-41(28-37(5)62(87)88)29-39-18-14-13-15-19-39)72-59(85)46-20-16-17-27-75(46,11)33-40-21-22-47(93-64-55(82)53(80)54(81)56(94-64)63(89)90)42(30-40)70-49(77)25-26-67-58(84)45(74-50(78)23-24-51(74)79)32-68-65(91)95-66(7,8)9/h13-15,18-19,21-24,30,34-37,41,44-46,48,52-56,64,80-82H,12,16-17,20,25-29,31-33H2,1-11H3,(H6-,67,68,69,70,72,77,83,84,85,87,88,89,90,91)/p+1/t36-,37-,41+,44+,45-,46+,48+,52-,53-,54-,55+,56-,64+,75?/m0/s1. The summed E-state index contributed by atoms with van der Waals surface area (Å²) in [6.07, 6.45) is -7.71. The fourth-order valence-corrected chi connectivity index (χ4v) is 12.7. The van der Waals surface area contributed by atoms with Crippen molar-refractivity contribution in [1.82, 2.24) is 36.1 Å². The minimum atomic E-state index is -2.05. The van der Waals surface area contributed by atoms with Gasteiger partial charge in [-0.2, -0.15) is 0 Å². The van der Waals surface area contributed by atoms with Gasteiger partial charge in [0, 0.05) is 75.0 Å². The third-order valence-corrected chi connectivity index (χ3v) is 18.2. The number of piperidine rings is 1. The van der Waals surface area contributed by atoms with Crippen LogP contribution in [0.3, 0.4) is 0 Å². The van der Waals surface area contributed by atoms with Crippen molar-refractivity contribution >= 4 is 82.4 Å². The molecular formula is C66H92N9O20S+. The molecule has 1 unspecified atom stereocenters. The number of ether oxygens (including phenoxy) is 4. The molecule has 0 spiro atoms. The zero-order valence-electron chi connectivity index (χ0n) is 56.0. The number of quaternary nitrogens is 1. The summed E-state index contributed by atoms with van der Waals surface area (Å²) in [4.78, 5) is 153. The number of likely N-dealkylation sites (tertiary alicyclic amines) is 1. The predicted molar refractivity (Wildman–Crippen MR) is 346 cm³/mol. The van der Waals surface area contributed by atoms with Gasteiger partial charge in [0.05, 0.1) is 31.7 Å². The second-order valence-electron chi connectivity index (χ2n) is 26.3. The molecule has 0 radical (unpaired) electrons. The number of aromatic nitrogens is 1. The van der Waals surface area contributed by atoms with Crippen molar-refractivity contribution in [2.45, 2.75) is 193 Å². The van der Waals surface area contributed by atoms with E-state index in [1.807, 2.05) is 65.1 Å². The third kappa shape index (κ3) is 20.8. The Morgan fingerprint density at radius 2 is 1.55 bits per heavy atom. The number of anilines is 1. The van der Waals surface area contributed by atoms with E-state index in [2.05, 4.69) is 31.6 Å². The van der Waals surface area contributed by atoms with E-state index >= 15 is 4.79 Å². The Hall–Kier alpha value is -8.42. The number of esters is 1. The molecule has 29 nitrogen and oxygen atoms in total. The second kappa shape index (κ2) is 34.0. The number of aliphatic carboxylic acids is 2. The Balaban J connectivity index is 1.21. The quantitative estimate of drug-likeness (QED) is 0.0251. The highest BCUT2D eigenvalue weighted by Gasteiger charge is 2.49. The van der Waals surface area contributed by atoms with Gasteiger partial charge in [-0.3, -0.25) is 48.1 Å². The molecule has 1 aromatic heterocycles. The summed E-state index contributed by atoms with van der Waals surface area (Å²) in [5.74, 6) is -9.60. The number of amides is 8. The number of likely N-dealkylation sites (N-methyl/N-ethyl adjacent to an activating group) is 2. The van der Waals surface area contributed by atoms with Gasteiger partial charge in [0.25, 0.3) is 23.6 Å². The molecule has 0 saturated carbocycles. The van der Waals surface area contributed by atoms with Crippen LogP contribution in [-0.4, -0.2) is 210 Å². The summed E-state index contributed by atoms with van der Waals surface area (Å²) in [7, 11) is 3.50. The van der Waals surface area contributed by atoms with E-state index < -0.39 is 157 Å². The molecule has 2 saturated heterocycles. The third-order valence-electron chi connectivity index (χ3n) is 17.2. The van der Waals surface area contributed by atoms with E-state index in [1.54, 1.807) is 45.7 Å². The molecule has 4 heterocycles. The Kier molecular flexibility index (Phi) is 27.1. The zero-order chi connectivity index (χ0) is 71.1. The first-order valence-electron chi connectivity index (χ1n) is 32.0. The molecule has 3 aliphatic rings. The molecule has 0 bridgehead atoms. The van der Waals surface area contributed by atoms with E-state index in [9.17, 15) is 73.5 Å². The average Bonchev–Trinajstić information content (AvgIpc) is 1.31. The van der Waals surface area contributed by atoms with Crippen LogP contribution in [-0.2, 0) is 70.3 Å².